The fourth-order valence-corrected chi connectivity index (χ4v) is 6.68. The standard InChI is InChI=1S/C19H36N4O4S/c1-16-12-17(2)14-23(13-16)28(25,26)22-6-3-4-18(15-22)19(24)20-5-7-21-8-10-27-11-9-21/h16-18H,3-15H2,1-2H3,(H,20,24)/p+1/t16-,17-,18-/m0/s1. The van der Waals surface area contributed by atoms with Crippen LogP contribution in [0.4, 0.5) is 0 Å². The molecule has 0 aromatic heterocycles. The van der Waals surface area contributed by atoms with Crippen LogP contribution in [-0.2, 0) is 19.7 Å². The molecule has 2 N–H and O–H groups in total. The van der Waals surface area contributed by atoms with Crippen LogP contribution in [0, 0.1) is 17.8 Å². The van der Waals surface area contributed by atoms with Crippen molar-refractivity contribution in [2.75, 3.05) is 65.6 Å². The van der Waals surface area contributed by atoms with Crippen LogP contribution < -0.4 is 10.2 Å². The number of hydrogen-bond acceptors (Lipinski definition) is 4. The van der Waals surface area contributed by atoms with Gasteiger partial charge in [0.25, 0.3) is 10.2 Å². The van der Waals surface area contributed by atoms with Gasteiger partial charge >= 0.3 is 0 Å². The van der Waals surface area contributed by atoms with E-state index in [9.17, 15) is 13.2 Å². The fraction of sp³-hybridized carbons (Fsp3) is 0.947. The van der Waals surface area contributed by atoms with Gasteiger partial charge in [0.15, 0.2) is 0 Å². The highest BCUT2D eigenvalue weighted by molar-refractivity contribution is 7.86. The van der Waals surface area contributed by atoms with Gasteiger partial charge in [0.2, 0.25) is 5.91 Å². The molecule has 3 saturated heterocycles. The molecule has 9 heteroatoms. The van der Waals surface area contributed by atoms with Gasteiger partial charge in [0, 0.05) is 26.2 Å². The molecule has 3 aliphatic heterocycles. The Labute approximate surface area is 169 Å². The summed E-state index contributed by atoms with van der Waals surface area (Å²) >= 11 is 0. The Morgan fingerprint density at radius 3 is 2.46 bits per heavy atom. The number of carbonyl (C=O) groups is 1. The lowest BCUT2D eigenvalue weighted by atomic mass is 9.94. The van der Waals surface area contributed by atoms with E-state index in [0.29, 0.717) is 44.6 Å². The molecule has 3 atom stereocenters. The largest absolute Gasteiger partial charge is 0.370 e. The highest BCUT2D eigenvalue weighted by Gasteiger charge is 2.38. The van der Waals surface area contributed by atoms with Gasteiger partial charge in [-0.2, -0.15) is 17.0 Å². The van der Waals surface area contributed by atoms with E-state index in [1.165, 1.54) is 4.90 Å². The van der Waals surface area contributed by atoms with E-state index in [2.05, 4.69) is 19.2 Å². The number of rotatable bonds is 6. The van der Waals surface area contributed by atoms with Crippen LogP contribution in [0.2, 0.25) is 0 Å². The second-order valence-electron chi connectivity index (χ2n) is 8.87. The first-order valence-corrected chi connectivity index (χ1v) is 12.2. The molecule has 0 saturated carbocycles. The van der Waals surface area contributed by atoms with Crippen molar-refractivity contribution in [3.8, 4) is 0 Å². The zero-order chi connectivity index (χ0) is 20.1. The normalized spacial score (nSPS) is 31.6. The zero-order valence-electron chi connectivity index (χ0n) is 17.4. The van der Waals surface area contributed by atoms with Gasteiger partial charge in [-0.15, -0.1) is 0 Å². The molecule has 0 aromatic rings. The maximum atomic E-state index is 13.1. The third kappa shape index (κ3) is 5.66. The Morgan fingerprint density at radius 2 is 1.79 bits per heavy atom. The molecule has 0 unspecified atom stereocenters. The molecule has 0 bridgehead atoms. The van der Waals surface area contributed by atoms with Crippen molar-refractivity contribution in [2.45, 2.75) is 33.1 Å². The SMILES string of the molecule is C[C@H]1C[C@H](C)CN(S(=O)(=O)N2CCC[C@H](C(=O)NCC[NH+]3CCOCC3)C2)C1. The third-order valence-electron chi connectivity index (χ3n) is 6.22. The number of nitrogens with zero attached hydrogens (tertiary/aromatic N) is 2. The van der Waals surface area contributed by atoms with E-state index in [-0.39, 0.29) is 11.8 Å². The van der Waals surface area contributed by atoms with Crippen LogP contribution in [0.3, 0.4) is 0 Å². The van der Waals surface area contributed by atoms with Crippen LogP contribution >= 0.6 is 0 Å². The van der Waals surface area contributed by atoms with Crippen LogP contribution in [0.25, 0.3) is 0 Å². The molecule has 3 fully saturated rings. The lowest BCUT2D eigenvalue weighted by molar-refractivity contribution is -0.906. The average molecular weight is 418 g/mol. The summed E-state index contributed by atoms with van der Waals surface area (Å²) in [5, 5.41) is 3.03. The summed E-state index contributed by atoms with van der Waals surface area (Å²) in [5.41, 5.74) is 0. The van der Waals surface area contributed by atoms with Crippen LogP contribution in [0.15, 0.2) is 0 Å². The van der Waals surface area contributed by atoms with E-state index < -0.39 is 10.2 Å². The number of piperidine rings is 2. The first-order valence-electron chi connectivity index (χ1n) is 10.8. The Hall–Kier alpha value is -0.740. The number of carbonyl (C=O) groups excluding carboxylic acids is 1. The van der Waals surface area contributed by atoms with Crippen molar-refractivity contribution in [1.29, 1.82) is 0 Å². The van der Waals surface area contributed by atoms with Gasteiger partial charge in [0.1, 0.15) is 13.1 Å². The van der Waals surface area contributed by atoms with E-state index >= 15 is 0 Å². The van der Waals surface area contributed by atoms with Gasteiger partial charge in [-0.3, -0.25) is 4.79 Å². The van der Waals surface area contributed by atoms with E-state index in [0.717, 1.165) is 52.1 Å². The molecular formula is C19H37N4O4S+. The average Bonchev–Trinajstić information content (AvgIpc) is 2.68. The highest BCUT2D eigenvalue weighted by Crippen LogP contribution is 2.27. The van der Waals surface area contributed by atoms with Crippen LogP contribution in [-0.4, -0.2) is 88.5 Å². The Bertz CT molecular complexity index is 613. The molecule has 0 spiro atoms. The first kappa shape index (κ1) is 22.0. The van der Waals surface area contributed by atoms with Crippen molar-refractivity contribution in [2.24, 2.45) is 17.8 Å². The van der Waals surface area contributed by atoms with E-state index in [1.54, 1.807) is 8.61 Å². The second-order valence-corrected chi connectivity index (χ2v) is 10.8. The monoisotopic (exact) mass is 417 g/mol. The fourth-order valence-electron chi connectivity index (χ4n) is 4.74. The Morgan fingerprint density at radius 1 is 1.11 bits per heavy atom. The Balaban J connectivity index is 1.50. The molecule has 28 heavy (non-hydrogen) atoms. The molecule has 3 aliphatic rings. The zero-order valence-corrected chi connectivity index (χ0v) is 18.2. The molecule has 0 aliphatic carbocycles. The molecule has 0 aromatic carbocycles. The second kappa shape index (κ2) is 9.84. The predicted octanol–water partition coefficient (Wildman–Crippen LogP) is -1.05. The summed E-state index contributed by atoms with van der Waals surface area (Å²) in [7, 11) is -3.49. The van der Waals surface area contributed by atoms with E-state index in [1.807, 2.05) is 0 Å². The summed E-state index contributed by atoms with van der Waals surface area (Å²) in [6.45, 7) is 11.3. The quantitative estimate of drug-likeness (QED) is 0.578. The topological polar surface area (TPSA) is 83.4 Å². The molecule has 3 heterocycles. The summed E-state index contributed by atoms with van der Waals surface area (Å²) in [4.78, 5) is 14.1. The molecule has 8 nitrogen and oxygen atoms in total. The first-order chi connectivity index (χ1) is 13.4. The number of hydrogen-bond donors (Lipinski definition) is 2. The van der Waals surface area contributed by atoms with Crippen molar-refractivity contribution in [3.05, 3.63) is 0 Å². The number of quaternary nitrogens is 1. The maximum absolute atomic E-state index is 13.1. The Kier molecular flexibility index (Phi) is 7.72. The van der Waals surface area contributed by atoms with Crippen molar-refractivity contribution >= 4 is 16.1 Å². The minimum atomic E-state index is -3.49. The third-order valence-corrected chi connectivity index (χ3v) is 8.16. The van der Waals surface area contributed by atoms with Gasteiger partial charge in [-0.25, -0.2) is 0 Å². The molecule has 1 amide bonds. The highest BCUT2D eigenvalue weighted by atomic mass is 32.2. The summed E-state index contributed by atoms with van der Waals surface area (Å²) in [5.74, 6) is 0.506. The van der Waals surface area contributed by atoms with Crippen molar-refractivity contribution < 1.29 is 22.8 Å². The lowest BCUT2D eigenvalue weighted by Gasteiger charge is -2.39. The summed E-state index contributed by atoms with van der Waals surface area (Å²) in [6, 6.07) is 0. The number of ether oxygens (including phenoxy) is 1. The summed E-state index contributed by atoms with van der Waals surface area (Å²) < 4.78 is 34.8. The van der Waals surface area contributed by atoms with Gasteiger partial charge in [0.05, 0.1) is 32.2 Å². The lowest BCUT2D eigenvalue weighted by Crippen LogP contribution is -3.14. The number of amides is 1. The van der Waals surface area contributed by atoms with Gasteiger partial charge in [-0.1, -0.05) is 13.8 Å². The van der Waals surface area contributed by atoms with Crippen LogP contribution in [0.1, 0.15) is 33.1 Å². The van der Waals surface area contributed by atoms with Gasteiger partial charge in [-0.05, 0) is 31.1 Å². The minimum Gasteiger partial charge on any atom is -0.370 e. The molecule has 3 rings (SSSR count). The van der Waals surface area contributed by atoms with Gasteiger partial charge < -0.3 is 15.0 Å². The molecular weight excluding hydrogens is 380 g/mol. The van der Waals surface area contributed by atoms with E-state index in [4.69, 9.17) is 4.74 Å². The minimum absolute atomic E-state index is 0.00654. The van der Waals surface area contributed by atoms with Crippen molar-refractivity contribution in [1.82, 2.24) is 13.9 Å². The number of nitrogens with one attached hydrogen (secondary N) is 2. The van der Waals surface area contributed by atoms with Crippen LogP contribution in [0.5, 0.6) is 0 Å². The van der Waals surface area contributed by atoms with Crippen molar-refractivity contribution in [3.63, 3.8) is 0 Å². The number of morpholine rings is 1. The molecule has 162 valence electrons. The maximum Gasteiger partial charge on any atom is 0.282 e. The summed E-state index contributed by atoms with van der Waals surface area (Å²) in [6.07, 6.45) is 2.57. The smallest absolute Gasteiger partial charge is 0.282 e. The predicted molar refractivity (Wildman–Crippen MR) is 107 cm³/mol. The molecule has 0 radical (unpaired) electrons.